The summed E-state index contributed by atoms with van der Waals surface area (Å²) >= 11 is 0. The van der Waals surface area contributed by atoms with Crippen molar-refractivity contribution in [3.63, 3.8) is 0 Å². The van der Waals surface area contributed by atoms with Gasteiger partial charge in [-0.25, -0.2) is 9.37 Å². The summed E-state index contributed by atoms with van der Waals surface area (Å²) < 4.78 is 13.2. The van der Waals surface area contributed by atoms with Crippen LogP contribution in [0.3, 0.4) is 0 Å². The van der Waals surface area contributed by atoms with Crippen LogP contribution >= 0.6 is 0 Å². The van der Waals surface area contributed by atoms with Crippen molar-refractivity contribution in [2.75, 3.05) is 10.6 Å². The summed E-state index contributed by atoms with van der Waals surface area (Å²) in [5.41, 5.74) is 4.60. The lowest BCUT2D eigenvalue weighted by Crippen LogP contribution is -2.14. The van der Waals surface area contributed by atoms with Gasteiger partial charge in [0.2, 0.25) is 5.91 Å². The van der Waals surface area contributed by atoms with E-state index in [0.29, 0.717) is 17.1 Å². The zero-order valence-corrected chi connectivity index (χ0v) is 14.7. The molecule has 4 nitrogen and oxygen atoms in total. The van der Waals surface area contributed by atoms with E-state index in [1.165, 1.54) is 23.3 Å². The summed E-state index contributed by atoms with van der Waals surface area (Å²) in [4.78, 5) is 16.4. The Morgan fingerprint density at radius 3 is 2.62 bits per heavy atom. The van der Waals surface area contributed by atoms with Crippen LogP contribution in [0.5, 0.6) is 0 Å². The van der Waals surface area contributed by atoms with Crippen LogP contribution in [-0.2, 0) is 11.2 Å². The molecule has 0 spiro atoms. The number of carbonyl (C=O) groups is 1. The van der Waals surface area contributed by atoms with E-state index in [-0.39, 0.29) is 18.1 Å². The van der Waals surface area contributed by atoms with Crippen LogP contribution in [0.1, 0.15) is 16.7 Å². The van der Waals surface area contributed by atoms with Gasteiger partial charge < -0.3 is 10.6 Å². The van der Waals surface area contributed by atoms with E-state index in [4.69, 9.17) is 0 Å². The number of aryl methyl sites for hydroxylation is 1. The van der Waals surface area contributed by atoms with Crippen molar-refractivity contribution in [2.45, 2.75) is 20.3 Å². The molecular weight excluding hydrogens is 329 g/mol. The molecule has 0 saturated carbocycles. The average Bonchev–Trinajstić information content (AvgIpc) is 2.60. The second-order valence-corrected chi connectivity index (χ2v) is 6.16. The van der Waals surface area contributed by atoms with E-state index < -0.39 is 0 Å². The minimum absolute atomic E-state index is 0.111. The number of benzene rings is 2. The molecule has 0 fully saturated rings. The maximum Gasteiger partial charge on any atom is 0.228 e. The minimum Gasteiger partial charge on any atom is -0.340 e. The van der Waals surface area contributed by atoms with Crippen molar-refractivity contribution < 1.29 is 9.18 Å². The van der Waals surface area contributed by atoms with Crippen LogP contribution in [0.2, 0.25) is 0 Å². The predicted molar refractivity (Wildman–Crippen MR) is 102 cm³/mol. The monoisotopic (exact) mass is 349 g/mol. The Kier molecular flexibility index (Phi) is 5.27. The van der Waals surface area contributed by atoms with Crippen LogP contribution in [0.25, 0.3) is 0 Å². The van der Waals surface area contributed by atoms with Crippen LogP contribution in [0, 0.1) is 19.7 Å². The fraction of sp³-hybridized carbons (Fsp3) is 0.143. The predicted octanol–water partition coefficient (Wildman–Crippen LogP) is 4.76. The van der Waals surface area contributed by atoms with E-state index >= 15 is 0 Å². The molecule has 2 N–H and O–H groups in total. The fourth-order valence-electron chi connectivity index (χ4n) is 2.60. The fourth-order valence-corrected chi connectivity index (χ4v) is 2.60. The molecule has 1 amide bonds. The summed E-state index contributed by atoms with van der Waals surface area (Å²) in [7, 11) is 0. The molecule has 3 aromatic rings. The average molecular weight is 349 g/mol. The highest BCUT2D eigenvalue weighted by Gasteiger charge is 2.06. The summed E-state index contributed by atoms with van der Waals surface area (Å²) in [5, 5.41) is 6.04. The quantitative estimate of drug-likeness (QED) is 0.698. The van der Waals surface area contributed by atoms with Gasteiger partial charge in [0, 0.05) is 5.69 Å². The van der Waals surface area contributed by atoms with Crippen LogP contribution < -0.4 is 10.6 Å². The number of hydrogen-bond donors (Lipinski definition) is 2. The molecule has 132 valence electrons. The maximum atomic E-state index is 13.2. The Morgan fingerprint density at radius 2 is 1.88 bits per heavy atom. The molecule has 0 bridgehead atoms. The molecule has 0 radical (unpaired) electrons. The number of carbonyl (C=O) groups excluding carboxylic acids is 1. The number of nitrogens with zero attached hydrogens (tertiary/aromatic N) is 1. The van der Waals surface area contributed by atoms with Gasteiger partial charge in [0.05, 0.1) is 18.3 Å². The summed E-state index contributed by atoms with van der Waals surface area (Å²) in [5.74, 6) is 0.133. The maximum absolute atomic E-state index is 13.2. The highest BCUT2D eigenvalue weighted by molar-refractivity contribution is 5.92. The van der Waals surface area contributed by atoms with E-state index in [0.717, 1.165) is 5.69 Å². The number of halogens is 1. The van der Waals surface area contributed by atoms with Crippen molar-refractivity contribution in [1.29, 1.82) is 0 Å². The summed E-state index contributed by atoms with van der Waals surface area (Å²) in [6, 6.07) is 15.7. The Balaban J connectivity index is 1.62. The molecule has 0 aliphatic carbocycles. The molecule has 5 heteroatoms. The first-order valence-electron chi connectivity index (χ1n) is 8.35. The number of anilines is 3. The van der Waals surface area contributed by atoms with Gasteiger partial charge in [-0.1, -0.05) is 24.3 Å². The SMILES string of the molecule is Cc1cccc(Nc2ccc(NC(=O)Cc3cccc(F)c3)cn2)c1C. The number of aromatic nitrogens is 1. The second-order valence-electron chi connectivity index (χ2n) is 6.16. The van der Waals surface area contributed by atoms with Crippen LogP contribution in [0.15, 0.2) is 60.8 Å². The van der Waals surface area contributed by atoms with Gasteiger partial charge in [-0.05, 0) is 60.9 Å². The van der Waals surface area contributed by atoms with Gasteiger partial charge in [-0.3, -0.25) is 4.79 Å². The number of hydrogen-bond acceptors (Lipinski definition) is 3. The Bertz CT molecular complexity index is 923. The van der Waals surface area contributed by atoms with E-state index in [1.807, 2.05) is 12.1 Å². The van der Waals surface area contributed by atoms with Gasteiger partial charge in [0.1, 0.15) is 11.6 Å². The van der Waals surface area contributed by atoms with Crippen LogP contribution in [-0.4, -0.2) is 10.9 Å². The van der Waals surface area contributed by atoms with Gasteiger partial charge >= 0.3 is 0 Å². The molecule has 0 atom stereocenters. The van der Waals surface area contributed by atoms with E-state index in [1.54, 1.807) is 30.5 Å². The van der Waals surface area contributed by atoms with Gasteiger partial charge in [0.25, 0.3) is 0 Å². The lowest BCUT2D eigenvalue weighted by atomic mass is 10.1. The van der Waals surface area contributed by atoms with Gasteiger partial charge in [0.15, 0.2) is 0 Å². The Hall–Kier alpha value is -3.21. The first-order valence-corrected chi connectivity index (χ1v) is 8.35. The smallest absolute Gasteiger partial charge is 0.228 e. The van der Waals surface area contributed by atoms with E-state index in [9.17, 15) is 9.18 Å². The third-order valence-corrected chi connectivity index (χ3v) is 4.17. The third kappa shape index (κ3) is 4.45. The van der Waals surface area contributed by atoms with Crippen LogP contribution in [0.4, 0.5) is 21.6 Å². The first-order chi connectivity index (χ1) is 12.5. The number of nitrogens with one attached hydrogen (secondary N) is 2. The second kappa shape index (κ2) is 7.78. The molecule has 0 saturated heterocycles. The van der Waals surface area contributed by atoms with Crippen molar-refractivity contribution in [3.8, 4) is 0 Å². The molecular formula is C21H20FN3O. The lowest BCUT2D eigenvalue weighted by molar-refractivity contribution is -0.115. The molecule has 0 aliphatic rings. The summed E-state index contributed by atoms with van der Waals surface area (Å²) in [6.07, 6.45) is 1.71. The van der Waals surface area contributed by atoms with Crippen molar-refractivity contribution in [1.82, 2.24) is 4.98 Å². The Labute approximate surface area is 152 Å². The molecule has 0 aliphatic heterocycles. The minimum atomic E-state index is -0.348. The molecule has 2 aromatic carbocycles. The van der Waals surface area contributed by atoms with Gasteiger partial charge in [-0.15, -0.1) is 0 Å². The molecule has 3 rings (SSSR count). The molecule has 1 heterocycles. The largest absolute Gasteiger partial charge is 0.340 e. The van der Waals surface area contributed by atoms with Crippen molar-refractivity contribution in [3.05, 3.63) is 83.3 Å². The molecule has 26 heavy (non-hydrogen) atoms. The first kappa shape index (κ1) is 17.6. The number of rotatable bonds is 5. The zero-order valence-electron chi connectivity index (χ0n) is 14.7. The highest BCUT2D eigenvalue weighted by atomic mass is 19.1. The lowest BCUT2D eigenvalue weighted by Gasteiger charge is -2.11. The summed E-state index contributed by atoms with van der Waals surface area (Å²) in [6.45, 7) is 4.11. The standard InChI is InChI=1S/C21H20FN3O/c1-14-5-3-8-19(15(14)2)25-20-10-9-18(13-23-20)24-21(26)12-16-6-4-7-17(22)11-16/h3-11,13H,12H2,1-2H3,(H,23,25)(H,24,26). The third-order valence-electron chi connectivity index (χ3n) is 4.17. The highest BCUT2D eigenvalue weighted by Crippen LogP contribution is 2.22. The normalized spacial score (nSPS) is 10.4. The van der Waals surface area contributed by atoms with Crippen molar-refractivity contribution in [2.24, 2.45) is 0 Å². The number of amides is 1. The number of pyridine rings is 1. The molecule has 0 unspecified atom stereocenters. The van der Waals surface area contributed by atoms with Gasteiger partial charge in [-0.2, -0.15) is 0 Å². The zero-order chi connectivity index (χ0) is 18.5. The van der Waals surface area contributed by atoms with Crippen molar-refractivity contribution >= 4 is 23.1 Å². The Morgan fingerprint density at radius 1 is 1.08 bits per heavy atom. The molecule has 1 aromatic heterocycles. The topological polar surface area (TPSA) is 54.0 Å². The van der Waals surface area contributed by atoms with E-state index in [2.05, 4.69) is 35.5 Å².